The Morgan fingerprint density at radius 1 is 1.22 bits per heavy atom. The Kier molecular flexibility index (Phi) is 4.52. The van der Waals surface area contributed by atoms with Crippen molar-refractivity contribution in [2.24, 2.45) is 0 Å². The van der Waals surface area contributed by atoms with Gasteiger partial charge in [-0.15, -0.1) is 0 Å². The van der Waals surface area contributed by atoms with E-state index in [1.807, 2.05) is 12.1 Å². The minimum Gasteiger partial charge on any atom is -0.487 e. The van der Waals surface area contributed by atoms with Crippen LogP contribution in [-0.2, 0) is 20.7 Å². The number of hydrogen-bond donors (Lipinski definition) is 1. The summed E-state index contributed by atoms with van der Waals surface area (Å²) in [6.45, 7) is 6.89. The van der Waals surface area contributed by atoms with Gasteiger partial charge in [-0.05, 0) is 26.0 Å². The van der Waals surface area contributed by atoms with Crippen molar-refractivity contribution in [3.05, 3.63) is 41.5 Å². The summed E-state index contributed by atoms with van der Waals surface area (Å²) >= 11 is 0. The summed E-state index contributed by atoms with van der Waals surface area (Å²) in [6, 6.07) is 3.98. The zero-order chi connectivity index (χ0) is 19.0. The number of fused-ring (bicyclic) bond motifs is 1. The lowest BCUT2D eigenvalue weighted by atomic mass is 10.00. The minimum atomic E-state index is -0.364. The van der Waals surface area contributed by atoms with E-state index < -0.39 is 0 Å². The van der Waals surface area contributed by atoms with Crippen LogP contribution >= 0.6 is 0 Å². The topological polar surface area (TPSA) is 67.9 Å². The first kappa shape index (κ1) is 17.8. The average Bonchev–Trinajstić information content (AvgIpc) is 2.95. The molecule has 1 fully saturated rings. The monoisotopic (exact) mass is 368 g/mol. The SMILES string of the molecule is CC1(C)Cc2cc(NC(=O)C3=CC=CCC3=O)c(N3CCOCC3)cc2O1. The highest BCUT2D eigenvalue weighted by molar-refractivity contribution is 6.24. The zero-order valence-electron chi connectivity index (χ0n) is 15.7. The molecule has 0 radical (unpaired) electrons. The van der Waals surface area contributed by atoms with Gasteiger partial charge in [-0.2, -0.15) is 0 Å². The summed E-state index contributed by atoms with van der Waals surface area (Å²) in [4.78, 5) is 27.0. The summed E-state index contributed by atoms with van der Waals surface area (Å²) in [7, 11) is 0. The third-order valence-corrected chi connectivity index (χ3v) is 5.03. The fraction of sp³-hybridized carbons (Fsp3) is 0.429. The van der Waals surface area contributed by atoms with E-state index in [-0.39, 0.29) is 29.3 Å². The van der Waals surface area contributed by atoms with Crippen molar-refractivity contribution in [3.63, 3.8) is 0 Å². The van der Waals surface area contributed by atoms with E-state index in [9.17, 15) is 9.59 Å². The number of nitrogens with zero attached hydrogens (tertiary/aromatic N) is 1. The highest BCUT2D eigenvalue weighted by Crippen LogP contribution is 2.42. The van der Waals surface area contributed by atoms with Gasteiger partial charge in [-0.25, -0.2) is 0 Å². The minimum absolute atomic E-state index is 0.159. The quantitative estimate of drug-likeness (QED) is 0.831. The van der Waals surface area contributed by atoms with E-state index >= 15 is 0 Å². The van der Waals surface area contributed by atoms with Crippen LogP contribution in [0.3, 0.4) is 0 Å². The van der Waals surface area contributed by atoms with Crippen molar-refractivity contribution in [2.45, 2.75) is 32.3 Å². The number of ether oxygens (including phenoxy) is 2. The first-order valence-corrected chi connectivity index (χ1v) is 9.33. The number of rotatable bonds is 3. The number of nitrogens with one attached hydrogen (secondary N) is 1. The molecule has 1 aromatic carbocycles. The Balaban J connectivity index is 1.68. The van der Waals surface area contributed by atoms with Crippen LogP contribution in [0.5, 0.6) is 5.75 Å². The molecular weight excluding hydrogens is 344 g/mol. The lowest BCUT2D eigenvalue weighted by molar-refractivity contribution is -0.119. The fourth-order valence-electron chi connectivity index (χ4n) is 3.74. The van der Waals surface area contributed by atoms with E-state index in [0.717, 1.165) is 36.5 Å². The lowest BCUT2D eigenvalue weighted by Crippen LogP contribution is -2.37. The van der Waals surface area contributed by atoms with Crippen LogP contribution in [0.4, 0.5) is 11.4 Å². The Morgan fingerprint density at radius 2 is 2.00 bits per heavy atom. The van der Waals surface area contributed by atoms with Crippen LogP contribution in [0.2, 0.25) is 0 Å². The number of carbonyl (C=O) groups is 2. The number of Topliss-reactive ketones (excluding diaryl/α,β-unsaturated/α-hetero) is 1. The highest BCUT2D eigenvalue weighted by Gasteiger charge is 2.32. The van der Waals surface area contributed by atoms with Crippen LogP contribution in [-0.4, -0.2) is 43.6 Å². The maximum atomic E-state index is 12.7. The van der Waals surface area contributed by atoms with Crippen LogP contribution in [0, 0.1) is 0 Å². The third-order valence-electron chi connectivity index (χ3n) is 5.03. The van der Waals surface area contributed by atoms with Gasteiger partial charge in [-0.3, -0.25) is 9.59 Å². The van der Waals surface area contributed by atoms with E-state index in [1.165, 1.54) is 0 Å². The molecule has 1 saturated heterocycles. The van der Waals surface area contributed by atoms with Gasteiger partial charge >= 0.3 is 0 Å². The first-order chi connectivity index (χ1) is 12.9. The molecule has 1 aromatic rings. The fourth-order valence-corrected chi connectivity index (χ4v) is 3.74. The Bertz CT molecular complexity index is 848. The molecule has 4 rings (SSSR count). The molecule has 3 aliphatic rings. The van der Waals surface area contributed by atoms with Gasteiger partial charge in [-0.1, -0.05) is 12.2 Å². The van der Waals surface area contributed by atoms with E-state index in [4.69, 9.17) is 9.47 Å². The number of hydrogen-bond acceptors (Lipinski definition) is 5. The van der Waals surface area contributed by atoms with Gasteiger partial charge in [0.1, 0.15) is 11.4 Å². The van der Waals surface area contributed by atoms with E-state index in [2.05, 4.69) is 24.1 Å². The van der Waals surface area contributed by atoms with Gasteiger partial charge in [0.25, 0.3) is 5.91 Å². The van der Waals surface area contributed by atoms with Gasteiger partial charge in [0, 0.05) is 37.6 Å². The van der Waals surface area contributed by atoms with E-state index in [0.29, 0.717) is 18.9 Å². The van der Waals surface area contributed by atoms with E-state index in [1.54, 1.807) is 18.2 Å². The molecule has 6 heteroatoms. The average molecular weight is 368 g/mol. The number of ketones is 1. The van der Waals surface area contributed by atoms with Crippen molar-refractivity contribution in [1.29, 1.82) is 0 Å². The molecule has 0 unspecified atom stereocenters. The second-order valence-corrected chi connectivity index (χ2v) is 7.70. The normalized spacial score (nSPS) is 20.7. The van der Waals surface area contributed by atoms with Gasteiger partial charge in [0.15, 0.2) is 5.78 Å². The molecule has 2 heterocycles. The van der Waals surface area contributed by atoms with Gasteiger partial charge in [0.2, 0.25) is 0 Å². The Hall–Kier alpha value is -2.60. The predicted octanol–water partition coefficient (Wildman–Crippen LogP) is 2.63. The third kappa shape index (κ3) is 3.62. The summed E-state index contributed by atoms with van der Waals surface area (Å²) in [6.07, 6.45) is 6.13. The molecule has 0 bridgehead atoms. The summed E-state index contributed by atoms with van der Waals surface area (Å²) < 4.78 is 11.5. The van der Waals surface area contributed by atoms with Gasteiger partial charge < -0.3 is 19.7 Å². The van der Waals surface area contributed by atoms with Crippen molar-refractivity contribution < 1.29 is 19.1 Å². The molecule has 0 atom stereocenters. The molecule has 0 aromatic heterocycles. The molecule has 0 saturated carbocycles. The van der Waals surface area contributed by atoms with Crippen LogP contribution in [0.15, 0.2) is 35.9 Å². The molecule has 1 amide bonds. The molecular formula is C21H24N2O4. The van der Waals surface area contributed by atoms with Crippen molar-refractivity contribution in [3.8, 4) is 5.75 Å². The zero-order valence-corrected chi connectivity index (χ0v) is 15.7. The molecule has 142 valence electrons. The smallest absolute Gasteiger partial charge is 0.259 e. The van der Waals surface area contributed by atoms with Crippen molar-refractivity contribution >= 4 is 23.1 Å². The highest BCUT2D eigenvalue weighted by atomic mass is 16.5. The molecule has 6 nitrogen and oxygen atoms in total. The van der Waals surface area contributed by atoms with Crippen LogP contribution < -0.4 is 15.0 Å². The number of carbonyl (C=O) groups excluding carboxylic acids is 2. The van der Waals surface area contributed by atoms with Gasteiger partial charge in [0.05, 0.1) is 30.2 Å². The number of morpholine rings is 1. The summed E-state index contributed by atoms with van der Waals surface area (Å²) in [5.41, 5.74) is 2.62. The summed E-state index contributed by atoms with van der Waals surface area (Å²) in [5, 5.41) is 2.97. The number of anilines is 2. The number of allylic oxidation sites excluding steroid dienone is 3. The largest absolute Gasteiger partial charge is 0.487 e. The maximum absolute atomic E-state index is 12.7. The van der Waals surface area contributed by atoms with Crippen LogP contribution in [0.25, 0.3) is 0 Å². The predicted molar refractivity (Wildman–Crippen MR) is 103 cm³/mol. The summed E-state index contributed by atoms with van der Waals surface area (Å²) in [5.74, 6) is 0.334. The Labute approximate surface area is 158 Å². The molecule has 2 aliphatic heterocycles. The molecule has 1 N–H and O–H groups in total. The van der Waals surface area contributed by atoms with Crippen LogP contribution in [0.1, 0.15) is 25.8 Å². The molecule has 0 spiro atoms. The molecule has 27 heavy (non-hydrogen) atoms. The van der Waals surface area contributed by atoms with Crippen molar-refractivity contribution in [2.75, 3.05) is 36.5 Å². The lowest BCUT2D eigenvalue weighted by Gasteiger charge is -2.31. The maximum Gasteiger partial charge on any atom is 0.259 e. The number of benzene rings is 1. The standard InChI is InChI=1S/C21H24N2O4/c1-21(2)13-14-11-16(22-20(25)15-5-3-4-6-18(15)24)17(12-19(14)27-21)23-7-9-26-10-8-23/h3-5,11-12H,6-10,13H2,1-2H3,(H,22,25). The second kappa shape index (κ2) is 6.85. The molecule has 1 aliphatic carbocycles. The van der Waals surface area contributed by atoms with Crippen molar-refractivity contribution in [1.82, 2.24) is 0 Å². The number of amides is 1. The Morgan fingerprint density at radius 3 is 2.74 bits per heavy atom. The second-order valence-electron chi connectivity index (χ2n) is 7.70. The first-order valence-electron chi connectivity index (χ1n) is 9.33.